The number of carbonyl (C=O) groups is 1. The number of carbonyl (C=O) groups excluding carboxylic acids is 1. The number of allylic oxidation sites excluding steroid dienone is 7. The van der Waals surface area contributed by atoms with E-state index in [9.17, 15) is 4.79 Å². The van der Waals surface area contributed by atoms with Gasteiger partial charge in [0.1, 0.15) is 12.2 Å². The van der Waals surface area contributed by atoms with E-state index < -0.39 is 5.91 Å². The summed E-state index contributed by atoms with van der Waals surface area (Å²) in [5, 5.41) is 3.60. The molecule has 0 atom stereocenters. The molecule has 0 radical (unpaired) electrons. The van der Waals surface area contributed by atoms with Crippen molar-refractivity contribution in [1.82, 2.24) is 5.16 Å². The Labute approximate surface area is 152 Å². The zero-order valence-corrected chi connectivity index (χ0v) is 14.8. The fourth-order valence-electron chi connectivity index (χ4n) is 2.33. The van der Waals surface area contributed by atoms with Crippen LogP contribution in [-0.2, 0) is 11.3 Å². The lowest BCUT2D eigenvalue weighted by atomic mass is 10.1. The van der Waals surface area contributed by atoms with Crippen LogP contribution in [0.3, 0.4) is 0 Å². The number of ether oxygens (including phenoxy) is 1. The third kappa shape index (κ3) is 4.84. The Morgan fingerprint density at radius 3 is 2.69 bits per heavy atom. The highest BCUT2D eigenvalue weighted by Crippen LogP contribution is 2.17. The number of rotatable bonds is 7. The van der Waals surface area contributed by atoms with Crippen molar-refractivity contribution >= 4 is 5.91 Å². The highest BCUT2D eigenvalue weighted by Gasteiger charge is 2.18. The minimum atomic E-state index is -0.730. The van der Waals surface area contributed by atoms with Gasteiger partial charge in [0.2, 0.25) is 0 Å². The molecule has 5 nitrogen and oxygen atoms in total. The van der Waals surface area contributed by atoms with E-state index in [4.69, 9.17) is 21.4 Å². The van der Waals surface area contributed by atoms with Crippen LogP contribution in [0.2, 0.25) is 0 Å². The Balaban J connectivity index is 2.09. The van der Waals surface area contributed by atoms with Crippen molar-refractivity contribution in [2.45, 2.75) is 20.5 Å². The second-order valence-corrected chi connectivity index (χ2v) is 5.42. The van der Waals surface area contributed by atoms with Crippen LogP contribution < -0.4 is 5.73 Å². The molecule has 1 aromatic rings. The van der Waals surface area contributed by atoms with E-state index in [0.717, 1.165) is 16.7 Å². The van der Waals surface area contributed by atoms with Gasteiger partial charge in [-0.1, -0.05) is 41.5 Å². The zero-order chi connectivity index (χ0) is 18.9. The molecule has 0 spiro atoms. The summed E-state index contributed by atoms with van der Waals surface area (Å²) in [6, 6.07) is 0. The molecule has 1 amide bonds. The highest BCUT2D eigenvalue weighted by molar-refractivity contribution is 5.93. The van der Waals surface area contributed by atoms with E-state index in [1.54, 1.807) is 0 Å². The second-order valence-electron chi connectivity index (χ2n) is 5.42. The number of hydrogen-bond acceptors (Lipinski definition) is 4. The quantitative estimate of drug-likeness (QED) is 0.605. The number of aromatic nitrogens is 1. The van der Waals surface area contributed by atoms with Crippen molar-refractivity contribution < 1.29 is 14.1 Å². The molecule has 2 N–H and O–H groups in total. The molecule has 2 rings (SSSR count). The fourth-order valence-corrected chi connectivity index (χ4v) is 2.33. The van der Waals surface area contributed by atoms with E-state index >= 15 is 0 Å². The largest absolute Gasteiger partial charge is 0.369 e. The molecule has 0 bridgehead atoms. The third-order valence-corrected chi connectivity index (χ3v) is 3.44. The number of amides is 1. The third-order valence-electron chi connectivity index (χ3n) is 3.44. The van der Waals surface area contributed by atoms with Crippen LogP contribution in [-0.4, -0.2) is 17.7 Å². The molecular formula is C21H20N2O3. The van der Waals surface area contributed by atoms with Crippen molar-refractivity contribution in [1.29, 1.82) is 0 Å². The van der Waals surface area contributed by atoms with E-state index in [1.165, 1.54) is 0 Å². The van der Waals surface area contributed by atoms with Gasteiger partial charge in [-0.3, -0.25) is 4.79 Å². The summed E-state index contributed by atoms with van der Waals surface area (Å²) < 4.78 is 10.8. The Kier molecular flexibility index (Phi) is 6.75. The average molecular weight is 348 g/mol. The van der Waals surface area contributed by atoms with E-state index in [0.29, 0.717) is 12.4 Å². The molecule has 0 fully saturated rings. The molecule has 0 unspecified atom stereocenters. The average Bonchev–Trinajstić information content (AvgIpc) is 2.92. The molecule has 5 heteroatoms. The minimum Gasteiger partial charge on any atom is -0.369 e. The number of hydrogen-bond donors (Lipinski definition) is 1. The molecule has 1 aliphatic rings. The Morgan fingerprint density at radius 2 is 2.04 bits per heavy atom. The van der Waals surface area contributed by atoms with Gasteiger partial charge in [-0.2, -0.15) is 0 Å². The van der Waals surface area contributed by atoms with Crippen LogP contribution in [0.1, 0.15) is 35.7 Å². The topological polar surface area (TPSA) is 78.4 Å². The van der Waals surface area contributed by atoms with Gasteiger partial charge in [0, 0.05) is 11.1 Å². The first kappa shape index (κ1) is 19.0. The highest BCUT2D eigenvalue weighted by atomic mass is 16.5. The van der Waals surface area contributed by atoms with Gasteiger partial charge in [-0.25, -0.2) is 0 Å². The molecule has 0 saturated heterocycles. The van der Waals surface area contributed by atoms with E-state index in [2.05, 4.69) is 16.8 Å². The van der Waals surface area contributed by atoms with Crippen LogP contribution in [0.5, 0.6) is 0 Å². The first-order valence-corrected chi connectivity index (χ1v) is 8.06. The van der Waals surface area contributed by atoms with Crippen LogP contribution >= 0.6 is 0 Å². The SMILES string of the molecule is C#Cc1c(C(N)=O)noc1COCC1=CC(/C=C\C)=C=C(/C=C\C)C=C1. The normalized spacial score (nSPS) is 14.1. The van der Waals surface area contributed by atoms with Crippen molar-refractivity contribution in [2.75, 3.05) is 6.61 Å². The standard InChI is InChI=1S/C21H20N2O3/c1-4-7-15-9-10-17(12-16(11-15)8-5-2)13-25-14-19-18(6-3)20(21(22)24)23-26-19/h3-5,7-10,12H,13-14H2,1-2H3,(H2,22,24)/b7-4-,8-5-. The summed E-state index contributed by atoms with van der Waals surface area (Å²) in [6.07, 6.45) is 19.2. The van der Waals surface area contributed by atoms with Gasteiger partial charge in [-0.15, -0.1) is 12.2 Å². The van der Waals surface area contributed by atoms with Gasteiger partial charge in [0.05, 0.1) is 6.61 Å². The summed E-state index contributed by atoms with van der Waals surface area (Å²) in [6.45, 7) is 4.33. The van der Waals surface area contributed by atoms with Crippen LogP contribution in [0.4, 0.5) is 0 Å². The lowest BCUT2D eigenvalue weighted by Gasteiger charge is -2.03. The van der Waals surface area contributed by atoms with Gasteiger partial charge < -0.3 is 15.0 Å². The molecule has 0 aliphatic heterocycles. The van der Waals surface area contributed by atoms with Gasteiger partial charge in [-0.05, 0) is 31.6 Å². The summed E-state index contributed by atoms with van der Waals surface area (Å²) in [7, 11) is 0. The van der Waals surface area contributed by atoms with Gasteiger partial charge in [0.15, 0.2) is 11.5 Å². The van der Waals surface area contributed by atoms with Crippen molar-refractivity contribution in [3.8, 4) is 12.3 Å². The van der Waals surface area contributed by atoms with Crippen LogP contribution in [0.15, 0.2) is 69.5 Å². The number of terminal acetylenes is 1. The second kappa shape index (κ2) is 9.24. The minimum absolute atomic E-state index is 0.0572. The van der Waals surface area contributed by atoms with Crippen LogP contribution in [0, 0.1) is 12.3 Å². The lowest BCUT2D eigenvalue weighted by molar-refractivity contribution is 0.0989. The predicted octanol–water partition coefficient (Wildman–Crippen LogP) is 3.37. The molecular weight excluding hydrogens is 328 g/mol. The Hall–Kier alpha value is -3.32. The summed E-state index contributed by atoms with van der Waals surface area (Å²) in [5.74, 6) is 1.94. The molecule has 132 valence electrons. The number of primary amides is 1. The van der Waals surface area contributed by atoms with Crippen molar-refractivity contribution in [3.05, 3.63) is 82.0 Å². The van der Waals surface area contributed by atoms with Crippen molar-refractivity contribution in [2.24, 2.45) is 5.73 Å². The Morgan fingerprint density at radius 1 is 1.31 bits per heavy atom. The molecule has 1 aromatic heterocycles. The molecule has 0 saturated carbocycles. The Bertz CT molecular complexity index is 912. The molecule has 26 heavy (non-hydrogen) atoms. The van der Waals surface area contributed by atoms with Crippen molar-refractivity contribution in [3.63, 3.8) is 0 Å². The number of nitrogens with two attached hydrogens (primary N) is 1. The first-order chi connectivity index (χ1) is 12.6. The maximum absolute atomic E-state index is 11.3. The fraction of sp³-hybridized carbons (Fsp3) is 0.190. The first-order valence-electron chi connectivity index (χ1n) is 8.06. The maximum Gasteiger partial charge on any atom is 0.272 e. The summed E-state index contributed by atoms with van der Waals surface area (Å²) >= 11 is 0. The molecule has 0 aromatic carbocycles. The van der Waals surface area contributed by atoms with Gasteiger partial charge in [0.25, 0.3) is 5.91 Å². The molecule has 1 aliphatic carbocycles. The summed E-state index contributed by atoms with van der Waals surface area (Å²) in [4.78, 5) is 11.3. The number of nitrogens with zero attached hydrogens (tertiary/aromatic N) is 1. The lowest BCUT2D eigenvalue weighted by Crippen LogP contribution is -2.13. The maximum atomic E-state index is 11.3. The monoisotopic (exact) mass is 348 g/mol. The smallest absolute Gasteiger partial charge is 0.272 e. The predicted molar refractivity (Wildman–Crippen MR) is 100 cm³/mol. The van der Waals surface area contributed by atoms with E-state index in [-0.39, 0.29) is 17.9 Å². The van der Waals surface area contributed by atoms with E-state index in [1.807, 2.05) is 56.4 Å². The molecule has 1 heterocycles. The zero-order valence-electron chi connectivity index (χ0n) is 14.8. The van der Waals surface area contributed by atoms with Gasteiger partial charge >= 0.3 is 0 Å². The summed E-state index contributed by atoms with van der Waals surface area (Å²) in [5.41, 5.74) is 11.6. The van der Waals surface area contributed by atoms with Crippen LogP contribution in [0.25, 0.3) is 0 Å².